The lowest BCUT2D eigenvalue weighted by Crippen LogP contribution is -2.40. The topological polar surface area (TPSA) is 59.8 Å². The van der Waals surface area contributed by atoms with Crippen LogP contribution in [0.4, 0.5) is 4.39 Å². The first-order valence-electron chi connectivity index (χ1n) is 10.1. The predicted octanol–water partition coefficient (Wildman–Crippen LogP) is 4.93. The second kappa shape index (κ2) is 9.11. The highest BCUT2D eigenvalue weighted by Gasteiger charge is 2.21. The van der Waals surface area contributed by atoms with Crippen LogP contribution in [0.25, 0.3) is 22.1 Å². The second-order valence-electron chi connectivity index (χ2n) is 7.28. The van der Waals surface area contributed by atoms with Crippen molar-refractivity contribution in [2.24, 2.45) is 0 Å². The molecule has 30 heavy (non-hydrogen) atoms. The van der Waals surface area contributed by atoms with Crippen molar-refractivity contribution in [3.05, 3.63) is 64.3 Å². The molecule has 3 rings (SSSR count). The van der Waals surface area contributed by atoms with Gasteiger partial charge in [0.15, 0.2) is 6.10 Å². The normalized spacial score (nSPS) is 12.0. The van der Waals surface area contributed by atoms with Gasteiger partial charge in [-0.2, -0.15) is 0 Å². The molecule has 0 saturated heterocycles. The van der Waals surface area contributed by atoms with E-state index in [4.69, 9.17) is 9.15 Å². The minimum atomic E-state index is -0.666. The van der Waals surface area contributed by atoms with E-state index in [2.05, 4.69) is 0 Å². The van der Waals surface area contributed by atoms with E-state index < -0.39 is 11.7 Å². The zero-order valence-corrected chi connectivity index (χ0v) is 17.7. The molecule has 1 aromatic heterocycles. The fraction of sp³-hybridized carbons (Fsp3) is 0.333. The lowest BCUT2D eigenvalue weighted by Gasteiger charge is -2.24. The Hall–Kier alpha value is -3.15. The molecule has 0 aliphatic carbocycles. The number of likely N-dealkylation sites (N-methyl/N-ethyl adjacent to an activating group) is 1. The van der Waals surface area contributed by atoms with E-state index >= 15 is 0 Å². The molecule has 0 fully saturated rings. The summed E-state index contributed by atoms with van der Waals surface area (Å²) in [6.07, 6.45) is 0.207. The summed E-state index contributed by atoms with van der Waals surface area (Å²) in [6, 6.07) is 10.8. The highest BCUT2D eigenvalue weighted by Crippen LogP contribution is 2.33. The van der Waals surface area contributed by atoms with Crippen LogP contribution in [0.2, 0.25) is 0 Å². The zero-order chi connectivity index (χ0) is 21.8. The first-order valence-corrected chi connectivity index (χ1v) is 10.1. The van der Waals surface area contributed by atoms with Crippen molar-refractivity contribution in [3.63, 3.8) is 0 Å². The number of carbonyl (C=O) groups excluding carboxylic acids is 1. The lowest BCUT2D eigenvalue weighted by molar-refractivity contribution is -0.137. The average molecular weight is 411 g/mol. The number of aryl methyl sites for hydroxylation is 1. The van der Waals surface area contributed by atoms with Gasteiger partial charge in [-0.05, 0) is 56.5 Å². The Bertz CT molecular complexity index is 1100. The van der Waals surface area contributed by atoms with Gasteiger partial charge in [-0.25, -0.2) is 9.18 Å². The monoisotopic (exact) mass is 411 g/mol. The van der Waals surface area contributed by atoms with Crippen molar-refractivity contribution in [1.82, 2.24) is 4.90 Å². The van der Waals surface area contributed by atoms with E-state index in [1.165, 1.54) is 18.2 Å². The Morgan fingerprint density at radius 1 is 1.17 bits per heavy atom. The van der Waals surface area contributed by atoms with Crippen LogP contribution in [-0.4, -0.2) is 30.0 Å². The summed E-state index contributed by atoms with van der Waals surface area (Å²) < 4.78 is 24.6. The van der Waals surface area contributed by atoms with Crippen LogP contribution < -0.4 is 10.4 Å². The summed E-state index contributed by atoms with van der Waals surface area (Å²) in [4.78, 5) is 26.5. The fourth-order valence-corrected chi connectivity index (χ4v) is 3.61. The molecular formula is C24H26FNO4. The number of hydrogen-bond donors (Lipinski definition) is 0. The highest BCUT2D eigenvalue weighted by molar-refractivity contribution is 5.96. The molecule has 3 aromatic rings. The molecule has 0 N–H and O–H groups in total. The number of halogens is 1. The number of rotatable bonds is 7. The van der Waals surface area contributed by atoms with Crippen molar-refractivity contribution in [1.29, 1.82) is 0 Å². The molecule has 1 amide bonds. The summed E-state index contributed by atoms with van der Waals surface area (Å²) in [7, 11) is 0. The Morgan fingerprint density at radius 2 is 1.87 bits per heavy atom. The van der Waals surface area contributed by atoms with Crippen LogP contribution in [-0.2, 0) is 4.79 Å². The summed E-state index contributed by atoms with van der Waals surface area (Å²) in [5.41, 5.74) is 2.05. The van der Waals surface area contributed by atoms with E-state index in [1.54, 1.807) is 30.0 Å². The first kappa shape index (κ1) is 21.6. The maximum Gasteiger partial charge on any atom is 0.336 e. The third kappa shape index (κ3) is 4.53. The average Bonchev–Trinajstić information content (AvgIpc) is 2.71. The van der Waals surface area contributed by atoms with Crippen LogP contribution in [0, 0.1) is 12.7 Å². The Labute approximate surface area is 175 Å². The van der Waals surface area contributed by atoms with Crippen molar-refractivity contribution in [2.45, 2.75) is 40.2 Å². The summed E-state index contributed by atoms with van der Waals surface area (Å²) in [5, 5.41) is 0.744. The van der Waals surface area contributed by atoms with Gasteiger partial charge in [0, 0.05) is 36.2 Å². The van der Waals surface area contributed by atoms with Crippen LogP contribution in [0.3, 0.4) is 0 Å². The van der Waals surface area contributed by atoms with Crippen LogP contribution in [0.5, 0.6) is 5.75 Å². The quantitative estimate of drug-likeness (QED) is 0.517. The van der Waals surface area contributed by atoms with Gasteiger partial charge in [-0.15, -0.1) is 0 Å². The lowest BCUT2D eigenvalue weighted by atomic mass is 9.98. The van der Waals surface area contributed by atoms with Gasteiger partial charge < -0.3 is 14.1 Å². The van der Waals surface area contributed by atoms with E-state index in [0.29, 0.717) is 35.5 Å². The Balaban J connectivity index is 1.99. The zero-order valence-electron chi connectivity index (χ0n) is 17.7. The maximum atomic E-state index is 13.3. The third-order valence-electron chi connectivity index (χ3n) is 5.02. The molecule has 158 valence electrons. The number of ether oxygens (including phenoxy) is 1. The van der Waals surface area contributed by atoms with Gasteiger partial charge >= 0.3 is 5.63 Å². The molecule has 0 saturated carbocycles. The van der Waals surface area contributed by atoms with Crippen molar-refractivity contribution in [2.75, 3.05) is 13.1 Å². The number of carbonyl (C=O) groups is 1. The molecule has 2 aromatic carbocycles. The SMILES string of the molecule is CCCN(CC)C(=O)C(C)Oc1cc(C)c2c(-c3ccc(F)cc3)cc(=O)oc2c1. The molecule has 1 unspecified atom stereocenters. The van der Waals surface area contributed by atoms with Crippen LogP contribution in [0.1, 0.15) is 32.8 Å². The fourth-order valence-electron chi connectivity index (χ4n) is 3.61. The van der Waals surface area contributed by atoms with Crippen molar-refractivity contribution < 1.29 is 18.3 Å². The van der Waals surface area contributed by atoms with Gasteiger partial charge in [0.05, 0.1) is 0 Å². The van der Waals surface area contributed by atoms with Gasteiger partial charge in [0.2, 0.25) is 0 Å². The smallest absolute Gasteiger partial charge is 0.336 e. The van der Waals surface area contributed by atoms with Gasteiger partial charge in [0.1, 0.15) is 17.1 Å². The van der Waals surface area contributed by atoms with Crippen molar-refractivity contribution >= 4 is 16.9 Å². The van der Waals surface area contributed by atoms with Gasteiger partial charge in [-0.3, -0.25) is 4.79 Å². The Kier molecular flexibility index (Phi) is 6.55. The number of amides is 1. The molecule has 0 aliphatic rings. The van der Waals surface area contributed by atoms with E-state index in [1.807, 2.05) is 26.8 Å². The molecule has 6 heteroatoms. The van der Waals surface area contributed by atoms with E-state index in [9.17, 15) is 14.0 Å². The summed E-state index contributed by atoms with van der Waals surface area (Å²) in [6.45, 7) is 8.85. The predicted molar refractivity (Wildman–Crippen MR) is 115 cm³/mol. The first-order chi connectivity index (χ1) is 14.3. The van der Waals surface area contributed by atoms with E-state index in [0.717, 1.165) is 17.4 Å². The molecule has 5 nitrogen and oxygen atoms in total. The molecule has 0 bridgehead atoms. The number of benzene rings is 2. The number of hydrogen-bond acceptors (Lipinski definition) is 4. The van der Waals surface area contributed by atoms with E-state index in [-0.39, 0.29) is 11.7 Å². The van der Waals surface area contributed by atoms with Gasteiger partial charge in [-0.1, -0.05) is 19.1 Å². The third-order valence-corrected chi connectivity index (χ3v) is 5.02. The van der Waals surface area contributed by atoms with Crippen molar-refractivity contribution in [3.8, 4) is 16.9 Å². The summed E-state index contributed by atoms with van der Waals surface area (Å²) >= 11 is 0. The number of fused-ring (bicyclic) bond motifs is 1. The Morgan fingerprint density at radius 3 is 2.50 bits per heavy atom. The maximum absolute atomic E-state index is 13.3. The minimum absolute atomic E-state index is 0.0846. The second-order valence-corrected chi connectivity index (χ2v) is 7.28. The molecule has 0 spiro atoms. The molecule has 1 atom stereocenters. The summed E-state index contributed by atoms with van der Waals surface area (Å²) in [5.74, 6) is 0.0210. The highest BCUT2D eigenvalue weighted by atomic mass is 19.1. The molecular weight excluding hydrogens is 385 g/mol. The molecule has 0 radical (unpaired) electrons. The van der Waals surface area contributed by atoms with Crippen LogP contribution >= 0.6 is 0 Å². The standard InChI is InChI=1S/C24H26FNO4/c1-5-11-26(6-2)24(28)16(4)29-19-12-15(3)23-20(14-22(27)30-21(23)13-19)17-7-9-18(25)10-8-17/h7-10,12-14,16H,5-6,11H2,1-4H3. The minimum Gasteiger partial charge on any atom is -0.481 e. The van der Waals surface area contributed by atoms with Gasteiger partial charge in [0.25, 0.3) is 5.91 Å². The van der Waals surface area contributed by atoms with Crippen LogP contribution in [0.15, 0.2) is 51.7 Å². The largest absolute Gasteiger partial charge is 0.481 e. The number of nitrogens with zero attached hydrogens (tertiary/aromatic N) is 1. The molecule has 1 heterocycles. The molecule has 0 aliphatic heterocycles.